The Morgan fingerprint density at radius 3 is 2.52 bits per heavy atom. The Hall–Kier alpha value is -2.43. The molecule has 2 rings (SSSR count). The number of halogens is 2. The third kappa shape index (κ3) is 3.37. The van der Waals surface area contributed by atoms with Crippen LogP contribution in [0.2, 0.25) is 0 Å². The summed E-state index contributed by atoms with van der Waals surface area (Å²) in [5.41, 5.74) is 2.49. The van der Waals surface area contributed by atoms with Gasteiger partial charge in [-0.15, -0.1) is 0 Å². The molecule has 3 nitrogen and oxygen atoms in total. The Balaban J connectivity index is 2.25. The first kappa shape index (κ1) is 15.0. The maximum absolute atomic E-state index is 13.7. The van der Waals surface area contributed by atoms with Crippen molar-refractivity contribution < 1.29 is 18.7 Å². The number of carboxylic acids is 1. The Labute approximate surface area is 121 Å². The molecule has 0 aliphatic heterocycles. The second kappa shape index (κ2) is 5.91. The van der Waals surface area contributed by atoms with Gasteiger partial charge in [0.2, 0.25) is 0 Å². The first-order valence-electron chi connectivity index (χ1n) is 6.41. The number of rotatable bonds is 4. The molecule has 0 saturated carbocycles. The van der Waals surface area contributed by atoms with Crippen LogP contribution in [0.15, 0.2) is 30.3 Å². The Bertz CT molecular complexity index is 699. The lowest BCUT2D eigenvalue weighted by Gasteiger charge is -2.12. The maximum atomic E-state index is 13.7. The molecule has 2 aromatic carbocycles. The van der Waals surface area contributed by atoms with Crippen molar-refractivity contribution in [2.45, 2.75) is 20.4 Å². The van der Waals surface area contributed by atoms with Crippen LogP contribution in [0.25, 0.3) is 0 Å². The van der Waals surface area contributed by atoms with E-state index in [1.165, 1.54) is 0 Å². The quantitative estimate of drug-likeness (QED) is 0.898. The molecule has 0 fully saturated rings. The van der Waals surface area contributed by atoms with Crippen LogP contribution in [-0.4, -0.2) is 11.1 Å². The summed E-state index contributed by atoms with van der Waals surface area (Å²) in [6.07, 6.45) is 0. The lowest BCUT2D eigenvalue weighted by Crippen LogP contribution is -2.07. The molecule has 0 aliphatic carbocycles. The third-order valence-electron chi connectivity index (χ3n) is 3.26. The van der Waals surface area contributed by atoms with Crippen molar-refractivity contribution in [1.29, 1.82) is 0 Å². The second-order valence-electron chi connectivity index (χ2n) is 4.90. The molecule has 0 atom stereocenters. The van der Waals surface area contributed by atoms with Crippen molar-refractivity contribution in [3.05, 3.63) is 64.2 Å². The number of hydrogen-bond donors (Lipinski definition) is 2. The van der Waals surface area contributed by atoms with Crippen LogP contribution in [0.3, 0.4) is 0 Å². The highest BCUT2D eigenvalue weighted by Crippen LogP contribution is 2.21. The van der Waals surface area contributed by atoms with Crippen LogP contribution in [-0.2, 0) is 6.54 Å². The van der Waals surface area contributed by atoms with E-state index in [4.69, 9.17) is 5.11 Å². The highest BCUT2D eigenvalue weighted by Gasteiger charge is 2.15. The van der Waals surface area contributed by atoms with Gasteiger partial charge in [0.15, 0.2) is 0 Å². The summed E-state index contributed by atoms with van der Waals surface area (Å²) in [6.45, 7) is 4.21. The van der Waals surface area contributed by atoms with Gasteiger partial charge in [-0.2, -0.15) is 0 Å². The number of nitrogens with one attached hydrogen (secondary N) is 1. The average molecular weight is 291 g/mol. The molecule has 0 bridgehead atoms. The SMILES string of the molecule is Cc1ccc(C)c(CNc2cc(C(=O)O)c(F)cc2F)c1. The van der Waals surface area contributed by atoms with Crippen molar-refractivity contribution in [3.8, 4) is 0 Å². The zero-order chi connectivity index (χ0) is 15.6. The molecule has 0 spiro atoms. The summed E-state index contributed by atoms with van der Waals surface area (Å²) in [6, 6.07) is 7.44. The van der Waals surface area contributed by atoms with Crippen molar-refractivity contribution in [2.24, 2.45) is 0 Å². The molecule has 2 N–H and O–H groups in total. The van der Waals surface area contributed by atoms with Gasteiger partial charge in [0.1, 0.15) is 11.6 Å². The zero-order valence-electron chi connectivity index (χ0n) is 11.7. The zero-order valence-corrected chi connectivity index (χ0v) is 11.7. The highest BCUT2D eigenvalue weighted by molar-refractivity contribution is 5.89. The van der Waals surface area contributed by atoms with Crippen LogP contribution in [0.4, 0.5) is 14.5 Å². The van der Waals surface area contributed by atoms with Gasteiger partial charge >= 0.3 is 5.97 Å². The van der Waals surface area contributed by atoms with Gasteiger partial charge < -0.3 is 10.4 Å². The normalized spacial score (nSPS) is 10.5. The van der Waals surface area contributed by atoms with E-state index < -0.39 is 23.2 Å². The summed E-state index contributed by atoms with van der Waals surface area (Å²) in [5, 5.41) is 11.7. The molecule has 0 heterocycles. The first-order valence-corrected chi connectivity index (χ1v) is 6.41. The number of aromatic carboxylic acids is 1. The Morgan fingerprint density at radius 2 is 1.86 bits per heavy atom. The average Bonchev–Trinajstić information content (AvgIpc) is 2.41. The van der Waals surface area contributed by atoms with Crippen LogP contribution in [0.5, 0.6) is 0 Å². The highest BCUT2D eigenvalue weighted by atomic mass is 19.1. The van der Waals surface area contributed by atoms with Crippen molar-refractivity contribution in [2.75, 3.05) is 5.32 Å². The molecule has 0 unspecified atom stereocenters. The van der Waals surface area contributed by atoms with Crippen molar-refractivity contribution >= 4 is 11.7 Å². The fraction of sp³-hybridized carbons (Fsp3) is 0.188. The van der Waals surface area contributed by atoms with Gasteiger partial charge in [-0.05, 0) is 31.0 Å². The topological polar surface area (TPSA) is 49.3 Å². The van der Waals surface area contributed by atoms with Crippen LogP contribution < -0.4 is 5.32 Å². The van der Waals surface area contributed by atoms with Gasteiger partial charge in [0, 0.05) is 12.6 Å². The summed E-state index contributed by atoms with van der Waals surface area (Å²) in [4.78, 5) is 10.9. The summed E-state index contributed by atoms with van der Waals surface area (Å²) in [7, 11) is 0. The molecule has 2 aromatic rings. The van der Waals surface area contributed by atoms with E-state index in [0.29, 0.717) is 12.6 Å². The van der Waals surface area contributed by atoms with Crippen LogP contribution in [0.1, 0.15) is 27.0 Å². The van der Waals surface area contributed by atoms with Crippen molar-refractivity contribution in [3.63, 3.8) is 0 Å². The smallest absolute Gasteiger partial charge is 0.338 e. The Morgan fingerprint density at radius 1 is 1.14 bits per heavy atom. The van der Waals surface area contributed by atoms with E-state index in [2.05, 4.69) is 5.32 Å². The third-order valence-corrected chi connectivity index (χ3v) is 3.26. The number of aryl methyl sites for hydroxylation is 2. The molecule has 21 heavy (non-hydrogen) atoms. The minimum Gasteiger partial charge on any atom is -0.478 e. The van der Waals surface area contributed by atoms with Gasteiger partial charge in [-0.3, -0.25) is 0 Å². The second-order valence-corrected chi connectivity index (χ2v) is 4.90. The van der Waals surface area contributed by atoms with Gasteiger partial charge in [-0.25, -0.2) is 13.6 Å². The van der Waals surface area contributed by atoms with Crippen LogP contribution >= 0.6 is 0 Å². The fourth-order valence-electron chi connectivity index (χ4n) is 2.03. The molecule has 0 saturated heterocycles. The molecular weight excluding hydrogens is 276 g/mol. The number of anilines is 1. The lowest BCUT2D eigenvalue weighted by atomic mass is 10.1. The van der Waals surface area contributed by atoms with Gasteiger partial charge in [0.05, 0.1) is 11.3 Å². The molecule has 5 heteroatoms. The molecular formula is C16H15F2NO2. The Kier molecular flexibility index (Phi) is 4.21. The predicted molar refractivity (Wildman–Crippen MR) is 76.6 cm³/mol. The van der Waals surface area contributed by atoms with E-state index >= 15 is 0 Å². The molecule has 0 aliphatic rings. The monoisotopic (exact) mass is 291 g/mol. The summed E-state index contributed by atoms with van der Waals surface area (Å²) >= 11 is 0. The van der Waals surface area contributed by atoms with E-state index in [0.717, 1.165) is 22.8 Å². The fourth-order valence-corrected chi connectivity index (χ4v) is 2.03. The molecule has 0 radical (unpaired) electrons. The minimum absolute atomic E-state index is 0.0327. The summed E-state index contributed by atoms with van der Waals surface area (Å²) in [5.74, 6) is -3.33. The molecule has 110 valence electrons. The largest absolute Gasteiger partial charge is 0.478 e. The minimum atomic E-state index is -1.43. The van der Waals surface area contributed by atoms with E-state index in [9.17, 15) is 13.6 Å². The van der Waals surface area contributed by atoms with Gasteiger partial charge in [-0.1, -0.05) is 23.8 Å². The number of benzene rings is 2. The maximum Gasteiger partial charge on any atom is 0.338 e. The predicted octanol–water partition coefficient (Wildman–Crippen LogP) is 3.89. The number of carbonyl (C=O) groups is 1. The van der Waals surface area contributed by atoms with Crippen molar-refractivity contribution in [1.82, 2.24) is 0 Å². The van der Waals surface area contributed by atoms with E-state index in [-0.39, 0.29) is 5.69 Å². The van der Waals surface area contributed by atoms with Gasteiger partial charge in [0.25, 0.3) is 0 Å². The summed E-state index contributed by atoms with van der Waals surface area (Å²) < 4.78 is 27.0. The molecule has 0 amide bonds. The number of hydrogen-bond acceptors (Lipinski definition) is 2. The standard InChI is InChI=1S/C16H15F2NO2/c1-9-3-4-10(2)11(5-9)8-19-15-6-12(16(20)21)13(17)7-14(15)18/h3-7,19H,8H2,1-2H3,(H,20,21). The van der Waals surface area contributed by atoms with E-state index in [1.54, 1.807) is 0 Å². The first-order chi connectivity index (χ1) is 9.88. The number of carboxylic acid groups (broad SMARTS) is 1. The van der Waals surface area contributed by atoms with Crippen LogP contribution in [0, 0.1) is 25.5 Å². The lowest BCUT2D eigenvalue weighted by molar-refractivity contribution is 0.0692. The molecule has 0 aromatic heterocycles. The van der Waals surface area contributed by atoms with E-state index in [1.807, 2.05) is 32.0 Å².